The fourth-order valence-corrected chi connectivity index (χ4v) is 5.17. The molecule has 3 N–H and O–H groups in total. The Balaban J connectivity index is 0.00000196. The van der Waals surface area contributed by atoms with Crippen LogP contribution in [0.4, 0.5) is 0 Å². The standard InChI is InChI=1S/C20H33N3O2S.2ClH/c1-4-25-16-12-20(21,19(16,2)3)18(24)22-11-10-17-23-15(13-26-17)14-8-6-5-7-9-14;;/h13-14,16H,4-12,21H2,1-3H3,(H,22,24);2*1H. The van der Waals surface area contributed by atoms with Crippen LogP contribution >= 0.6 is 36.2 Å². The highest BCUT2D eigenvalue weighted by molar-refractivity contribution is 7.09. The van der Waals surface area contributed by atoms with Crippen LogP contribution in [-0.2, 0) is 16.0 Å². The highest BCUT2D eigenvalue weighted by Crippen LogP contribution is 2.49. The number of hydrogen-bond acceptors (Lipinski definition) is 5. The zero-order chi connectivity index (χ0) is 18.8. The van der Waals surface area contributed by atoms with Crippen LogP contribution in [0.5, 0.6) is 0 Å². The summed E-state index contributed by atoms with van der Waals surface area (Å²) in [6, 6.07) is 0. The summed E-state index contributed by atoms with van der Waals surface area (Å²) in [5, 5.41) is 6.34. The lowest BCUT2D eigenvalue weighted by molar-refractivity contribution is -0.170. The van der Waals surface area contributed by atoms with Gasteiger partial charge in [0.2, 0.25) is 5.91 Å². The molecular weight excluding hydrogens is 417 g/mol. The van der Waals surface area contributed by atoms with Crippen LogP contribution in [0, 0.1) is 5.41 Å². The van der Waals surface area contributed by atoms with Crippen LogP contribution in [-0.4, -0.2) is 35.7 Å². The fraction of sp³-hybridized carbons (Fsp3) is 0.800. The number of rotatable bonds is 7. The Bertz CT molecular complexity index is 635. The molecule has 0 bridgehead atoms. The lowest BCUT2D eigenvalue weighted by Crippen LogP contribution is -2.75. The minimum Gasteiger partial charge on any atom is -0.378 e. The molecule has 0 spiro atoms. The van der Waals surface area contributed by atoms with Gasteiger partial charge in [-0.25, -0.2) is 4.98 Å². The van der Waals surface area contributed by atoms with Crippen LogP contribution < -0.4 is 11.1 Å². The van der Waals surface area contributed by atoms with E-state index >= 15 is 0 Å². The van der Waals surface area contributed by atoms with Crippen molar-refractivity contribution in [2.75, 3.05) is 13.2 Å². The minimum absolute atomic E-state index is 0. The maximum Gasteiger partial charge on any atom is 0.240 e. The van der Waals surface area contributed by atoms with E-state index in [2.05, 4.69) is 10.7 Å². The number of nitrogens with zero attached hydrogens (tertiary/aromatic N) is 1. The van der Waals surface area contributed by atoms with E-state index < -0.39 is 5.54 Å². The molecule has 1 aromatic rings. The highest BCUT2D eigenvalue weighted by Gasteiger charge is 2.62. The molecule has 1 amide bonds. The number of thiazole rings is 1. The van der Waals surface area contributed by atoms with Gasteiger partial charge in [0.25, 0.3) is 0 Å². The molecule has 5 nitrogen and oxygen atoms in total. The van der Waals surface area contributed by atoms with Gasteiger partial charge in [0.1, 0.15) is 5.54 Å². The quantitative estimate of drug-likeness (QED) is 0.649. The zero-order valence-electron chi connectivity index (χ0n) is 17.2. The Morgan fingerprint density at radius 2 is 2.00 bits per heavy atom. The van der Waals surface area contributed by atoms with Crippen molar-refractivity contribution in [1.29, 1.82) is 0 Å². The SMILES string of the molecule is CCOC1CC(N)(C(=O)NCCc2nc(C3CCCCC3)cs2)C1(C)C.Cl.Cl. The number of ether oxygens (including phenoxy) is 1. The molecule has 2 aliphatic rings. The summed E-state index contributed by atoms with van der Waals surface area (Å²) in [6.45, 7) is 7.26. The topological polar surface area (TPSA) is 77.2 Å². The monoisotopic (exact) mass is 451 g/mol. The van der Waals surface area contributed by atoms with E-state index in [-0.39, 0.29) is 42.2 Å². The van der Waals surface area contributed by atoms with Gasteiger partial charge in [-0.1, -0.05) is 33.1 Å². The van der Waals surface area contributed by atoms with Crippen LogP contribution in [0.1, 0.15) is 75.9 Å². The van der Waals surface area contributed by atoms with E-state index in [0.29, 0.717) is 25.5 Å². The van der Waals surface area contributed by atoms with Crippen LogP contribution in [0.3, 0.4) is 0 Å². The summed E-state index contributed by atoms with van der Waals surface area (Å²) in [5.74, 6) is 0.574. The minimum atomic E-state index is -0.844. The van der Waals surface area contributed by atoms with Gasteiger partial charge in [-0.05, 0) is 19.8 Å². The van der Waals surface area contributed by atoms with Gasteiger partial charge in [-0.3, -0.25) is 4.79 Å². The summed E-state index contributed by atoms with van der Waals surface area (Å²) in [6.07, 6.45) is 7.96. The van der Waals surface area contributed by atoms with Crippen molar-refractivity contribution in [3.8, 4) is 0 Å². The first-order valence-corrected chi connectivity index (χ1v) is 10.9. The third kappa shape index (κ3) is 5.01. The summed E-state index contributed by atoms with van der Waals surface area (Å²) < 4.78 is 5.70. The lowest BCUT2D eigenvalue weighted by Gasteiger charge is -2.57. The molecule has 2 saturated carbocycles. The van der Waals surface area contributed by atoms with Crippen molar-refractivity contribution in [2.45, 2.75) is 83.3 Å². The molecule has 2 aliphatic carbocycles. The van der Waals surface area contributed by atoms with Crippen LogP contribution in [0.15, 0.2) is 5.38 Å². The van der Waals surface area contributed by atoms with Crippen molar-refractivity contribution >= 4 is 42.1 Å². The predicted octanol–water partition coefficient (Wildman–Crippen LogP) is 4.23. The molecular formula is C20H35Cl2N3O2S. The Morgan fingerprint density at radius 1 is 1.32 bits per heavy atom. The number of halogens is 2. The summed E-state index contributed by atoms with van der Waals surface area (Å²) in [7, 11) is 0. The summed E-state index contributed by atoms with van der Waals surface area (Å²) in [5.41, 5.74) is 6.49. The molecule has 28 heavy (non-hydrogen) atoms. The zero-order valence-corrected chi connectivity index (χ0v) is 19.6. The Hall–Kier alpha value is -0.400. The second-order valence-corrected chi connectivity index (χ2v) is 9.29. The average molecular weight is 452 g/mol. The van der Waals surface area contributed by atoms with Crippen LogP contribution in [0.25, 0.3) is 0 Å². The first-order valence-electron chi connectivity index (χ1n) is 10.0. The van der Waals surface area contributed by atoms with E-state index in [1.54, 1.807) is 11.3 Å². The molecule has 2 fully saturated rings. The van der Waals surface area contributed by atoms with Crippen molar-refractivity contribution < 1.29 is 9.53 Å². The maximum absolute atomic E-state index is 12.6. The molecule has 1 heterocycles. The molecule has 0 saturated heterocycles. The van der Waals surface area contributed by atoms with Gasteiger partial charge < -0.3 is 15.8 Å². The summed E-state index contributed by atoms with van der Waals surface area (Å²) >= 11 is 1.72. The normalized spacial score (nSPS) is 26.5. The van der Waals surface area contributed by atoms with E-state index in [0.717, 1.165) is 11.4 Å². The smallest absolute Gasteiger partial charge is 0.240 e. The second kappa shape index (κ2) is 10.6. The Morgan fingerprint density at radius 3 is 2.61 bits per heavy atom. The lowest BCUT2D eigenvalue weighted by atomic mass is 9.54. The third-order valence-electron chi connectivity index (χ3n) is 6.45. The molecule has 162 valence electrons. The number of aromatic nitrogens is 1. The predicted molar refractivity (Wildman–Crippen MR) is 120 cm³/mol. The van der Waals surface area contributed by atoms with Crippen molar-refractivity contribution in [2.24, 2.45) is 11.1 Å². The largest absolute Gasteiger partial charge is 0.378 e. The van der Waals surface area contributed by atoms with Crippen molar-refractivity contribution in [3.05, 3.63) is 16.1 Å². The second-order valence-electron chi connectivity index (χ2n) is 8.35. The van der Waals surface area contributed by atoms with E-state index in [1.165, 1.54) is 37.8 Å². The van der Waals surface area contributed by atoms with Gasteiger partial charge in [-0.2, -0.15) is 0 Å². The highest BCUT2D eigenvalue weighted by atomic mass is 35.5. The first-order chi connectivity index (χ1) is 12.4. The maximum atomic E-state index is 12.6. The van der Waals surface area contributed by atoms with Gasteiger partial charge in [-0.15, -0.1) is 36.2 Å². The molecule has 2 atom stereocenters. The third-order valence-corrected chi connectivity index (χ3v) is 7.38. The summed E-state index contributed by atoms with van der Waals surface area (Å²) in [4.78, 5) is 17.5. The van der Waals surface area contributed by atoms with Gasteiger partial charge in [0.15, 0.2) is 0 Å². The molecule has 1 aromatic heterocycles. The van der Waals surface area contributed by atoms with Gasteiger partial charge in [0.05, 0.1) is 16.8 Å². The first kappa shape index (κ1) is 25.6. The number of amides is 1. The number of nitrogens with two attached hydrogens (primary N) is 1. The molecule has 0 radical (unpaired) electrons. The van der Waals surface area contributed by atoms with E-state index in [4.69, 9.17) is 15.5 Å². The van der Waals surface area contributed by atoms with Crippen LogP contribution in [0.2, 0.25) is 0 Å². The number of carbonyl (C=O) groups excluding carboxylic acids is 1. The van der Waals surface area contributed by atoms with E-state index in [1.807, 2.05) is 20.8 Å². The average Bonchev–Trinajstić information content (AvgIpc) is 3.11. The van der Waals surface area contributed by atoms with Gasteiger partial charge >= 0.3 is 0 Å². The molecule has 8 heteroatoms. The molecule has 2 unspecified atom stereocenters. The van der Waals surface area contributed by atoms with Crippen molar-refractivity contribution in [3.63, 3.8) is 0 Å². The number of carbonyl (C=O) groups is 1. The van der Waals surface area contributed by atoms with Gasteiger partial charge in [0, 0.05) is 42.7 Å². The van der Waals surface area contributed by atoms with Crippen molar-refractivity contribution in [1.82, 2.24) is 10.3 Å². The Labute approximate surface area is 185 Å². The Kier molecular flexibility index (Phi) is 9.68. The number of hydrogen-bond donors (Lipinski definition) is 2. The number of nitrogens with one attached hydrogen (secondary N) is 1. The molecule has 0 aliphatic heterocycles. The fourth-order valence-electron chi connectivity index (χ4n) is 4.29. The van der Waals surface area contributed by atoms with E-state index in [9.17, 15) is 4.79 Å². The molecule has 3 rings (SSSR count). The molecule has 0 aromatic carbocycles.